The molecule has 2 aromatic rings. The van der Waals surface area contributed by atoms with Gasteiger partial charge in [0.05, 0.1) is 16.0 Å². The lowest BCUT2D eigenvalue weighted by Gasteiger charge is -2.14. The second kappa shape index (κ2) is 8.44. The summed E-state index contributed by atoms with van der Waals surface area (Å²) in [5, 5.41) is 10.4. The molecule has 0 unspecified atom stereocenters. The van der Waals surface area contributed by atoms with E-state index in [-0.39, 0.29) is 12.4 Å². The predicted molar refractivity (Wildman–Crippen MR) is 92.1 cm³/mol. The Labute approximate surface area is 147 Å². The topological polar surface area (TPSA) is 61.6 Å². The van der Waals surface area contributed by atoms with Gasteiger partial charge in [-0.25, -0.2) is 4.39 Å². The van der Waals surface area contributed by atoms with Crippen molar-refractivity contribution in [2.24, 2.45) is 0 Å². The van der Waals surface area contributed by atoms with Crippen molar-refractivity contribution in [1.82, 2.24) is 0 Å². The average Bonchev–Trinajstić information content (AvgIpc) is 2.54. The van der Waals surface area contributed by atoms with Gasteiger partial charge in [0.15, 0.2) is 11.5 Å². The molecule has 0 spiro atoms. The fourth-order valence-electron chi connectivity index (χ4n) is 1.97. The minimum atomic E-state index is -0.535. The zero-order valence-corrected chi connectivity index (χ0v) is 14.5. The Morgan fingerprint density at radius 3 is 2.58 bits per heavy atom. The molecule has 2 rings (SSSR count). The third kappa shape index (κ3) is 5.06. The number of halogens is 2. The molecule has 0 amide bonds. The van der Waals surface area contributed by atoms with Gasteiger partial charge in [0, 0.05) is 6.08 Å². The van der Waals surface area contributed by atoms with E-state index in [1.54, 1.807) is 24.3 Å². The van der Waals surface area contributed by atoms with Crippen LogP contribution >= 0.6 is 15.9 Å². The van der Waals surface area contributed by atoms with Crippen LogP contribution in [0.1, 0.15) is 18.1 Å². The van der Waals surface area contributed by atoms with Crippen molar-refractivity contribution in [2.75, 3.05) is 6.61 Å². The average molecular weight is 396 g/mol. The van der Waals surface area contributed by atoms with Crippen molar-refractivity contribution < 1.29 is 18.8 Å². The van der Waals surface area contributed by atoms with Crippen LogP contribution in [0.4, 0.5) is 4.39 Å². The molecule has 5 nitrogen and oxygen atoms in total. The van der Waals surface area contributed by atoms with Crippen LogP contribution in [0, 0.1) is 15.9 Å². The fraction of sp³-hybridized carbons (Fsp3) is 0.176. The lowest BCUT2D eigenvalue weighted by molar-refractivity contribution is -0.400. The Balaban J connectivity index is 2.23. The molecule has 0 aliphatic rings. The van der Waals surface area contributed by atoms with Crippen LogP contribution in [-0.4, -0.2) is 11.5 Å². The second-order valence-corrected chi connectivity index (χ2v) is 5.63. The highest BCUT2D eigenvalue weighted by atomic mass is 79.9. The Morgan fingerprint density at radius 1 is 1.25 bits per heavy atom. The van der Waals surface area contributed by atoms with Crippen molar-refractivity contribution in [3.8, 4) is 11.5 Å². The summed E-state index contributed by atoms with van der Waals surface area (Å²) >= 11 is 3.39. The van der Waals surface area contributed by atoms with Crippen LogP contribution in [0.25, 0.3) is 6.08 Å². The summed E-state index contributed by atoms with van der Waals surface area (Å²) in [6.45, 7) is 2.49. The molecule has 0 aromatic heterocycles. The Morgan fingerprint density at radius 2 is 1.96 bits per heavy atom. The van der Waals surface area contributed by atoms with E-state index in [0.29, 0.717) is 28.1 Å². The van der Waals surface area contributed by atoms with Crippen LogP contribution in [0.5, 0.6) is 11.5 Å². The van der Waals surface area contributed by atoms with Gasteiger partial charge in [-0.3, -0.25) is 10.1 Å². The molecule has 0 atom stereocenters. The Bertz CT molecular complexity index is 747. The molecule has 0 aliphatic heterocycles. The SMILES string of the molecule is CCOc1cc(/C=C/[N+](=O)[O-])cc(Br)c1OCc1ccc(F)cc1. The van der Waals surface area contributed by atoms with Gasteiger partial charge in [-0.2, -0.15) is 0 Å². The monoisotopic (exact) mass is 395 g/mol. The zero-order chi connectivity index (χ0) is 17.5. The predicted octanol–water partition coefficient (Wildman–Crippen LogP) is 4.81. The summed E-state index contributed by atoms with van der Waals surface area (Å²) < 4.78 is 24.9. The zero-order valence-electron chi connectivity index (χ0n) is 12.9. The fourth-order valence-corrected chi connectivity index (χ4v) is 2.54. The van der Waals surface area contributed by atoms with E-state index >= 15 is 0 Å². The van der Waals surface area contributed by atoms with Gasteiger partial charge in [-0.15, -0.1) is 0 Å². The maximum atomic E-state index is 12.9. The maximum absolute atomic E-state index is 12.9. The lowest BCUT2D eigenvalue weighted by atomic mass is 10.2. The molecule has 0 aliphatic carbocycles. The first kappa shape index (κ1) is 17.9. The Hall–Kier alpha value is -2.41. The standard InChI is InChI=1S/C17H15BrFNO4/c1-2-23-16-10-13(7-8-20(21)22)9-15(18)17(16)24-11-12-3-5-14(19)6-4-12/h3-10H,2,11H2,1H3/b8-7+. The van der Waals surface area contributed by atoms with Crippen LogP contribution in [0.15, 0.2) is 47.1 Å². The maximum Gasteiger partial charge on any atom is 0.235 e. The lowest BCUT2D eigenvalue weighted by Crippen LogP contribution is -2.01. The third-order valence-corrected chi connectivity index (χ3v) is 3.61. The van der Waals surface area contributed by atoms with E-state index in [1.165, 1.54) is 18.2 Å². The van der Waals surface area contributed by atoms with Gasteiger partial charge in [0.25, 0.3) is 0 Å². The van der Waals surface area contributed by atoms with E-state index in [9.17, 15) is 14.5 Å². The third-order valence-electron chi connectivity index (χ3n) is 3.02. The van der Waals surface area contributed by atoms with Gasteiger partial charge >= 0.3 is 0 Å². The van der Waals surface area contributed by atoms with Crippen molar-refractivity contribution in [1.29, 1.82) is 0 Å². The van der Waals surface area contributed by atoms with Crippen molar-refractivity contribution >= 4 is 22.0 Å². The molecule has 0 N–H and O–H groups in total. The van der Waals surface area contributed by atoms with Gasteiger partial charge in [0.2, 0.25) is 6.20 Å². The smallest absolute Gasteiger partial charge is 0.235 e. The highest BCUT2D eigenvalue weighted by Crippen LogP contribution is 2.37. The molecular formula is C17H15BrFNO4. The molecule has 0 fully saturated rings. The molecule has 24 heavy (non-hydrogen) atoms. The molecule has 0 saturated heterocycles. The van der Waals surface area contributed by atoms with Gasteiger partial charge < -0.3 is 9.47 Å². The summed E-state index contributed by atoms with van der Waals surface area (Å²) in [6.07, 6.45) is 2.23. The minimum absolute atomic E-state index is 0.239. The van der Waals surface area contributed by atoms with Crippen molar-refractivity contribution in [2.45, 2.75) is 13.5 Å². The summed E-state index contributed by atoms with van der Waals surface area (Å²) in [4.78, 5) is 9.91. The number of hydrogen-bond donors (Lipinski definition) is 0. The number of rotatable bonds is 7. The molecule has 126 valence electrons. The molecule has 0 radical (unpaired) electrons. The number of benzene rings is 2. The molecule has 0 saturated carbocycles. The summed E-state index contributed by atoms with van der Waals surface area (Å²) in [5.74, 6) is 0.647. The summed E-state index contributed by atoms with van der Waals surface area (Å²) in [7, 11) is 0. The highest BCUT2D eigenvalue weighted by molar-refractivity contribution is 9.10. The molecule has 2 aromatic carbocycles. The summed E-state index contributed by atoms with van der Waals surface area (Å²) in [5.41, 5.74) is 1.42. The van der Waals surface area contributed by atoms with E-state index in [0.717, 1.165) is 11.8 Å². The normalized spacial score (nSPS) is 10.8. The van der Waals surface area contributed by atoms with E-state index in [2.05, 4.69) is 15.9 Å². The largest absolute Gasteiger partial charge is 0.490 e. The van der Waals surface area contributed by atoms with Gasteiger partial charge in [0.1, 0.15) is 12.4 Å². The van der Waals surface area contributed by atoms with Crippen molar-refractivity contribution in [3.63, 3.8) is 0 Å². The molecule has 0 heterocycles. The first-order valence-electron chi connectivity index (χ1n) is 7.15. The van der Waals surface area contributed by atoms with E-state index < -0.39 is 4.92 Å². The minimum Gasteiger partial charge on any atom is -0.490 e. The quantitative estimate of drug-likeness (QED) is 0.498. The first-order valence-corrected chi connectivity index (χ1v) is 7.94. The van der Waals surface area contributed by atoms with E-state index in [1.807, 2.05) is 6.92 Å². The summed E-state index contributed by atoms with van der Waals surface area (Å²) in [6, 6.07) is 9.36. The number of nitro groups is 1. The number of hydrogen-bond acceptors (Lipinski definition) is 4. The van der Waals surface area contributed by atoms with Crippen LogP contribution in [-0.2, 0) is 6.61 Å². The second-order valence-electron chi connectivity index (χ2n) is 4.78. The van der Waals surface area contributed by atoms with Crippen molar-refractivity contribution in [3.05, 3.63) is 74.1 Å². The highest BCUT2D eigenvalue weighted by Gasteiger charge is 2.12. The first-order chi connectivity index (χ1) is 11.5. The molecule has 0 bridgehead atoms. The number of nitrogens with zero attached hydrogens (tertiary/aromatic N) is 1. The van der Waals surface area contributed by atoms with Crippen LogP contribution in [0.2, 0.25) is 0 Å². The van der Waals surface area contributed by atoms with Gasteiger partial charge in [-0.05, 0) is 58.2 Å². The van der Waals surface area contributed by atoms with Crippen LogP contribution < -0.4 is 9.47 Å². The van der Waals surface area contributed by atoms with E-state index in [4.69, 9.17) is 9.47 Å². The Kier molecular flexibility index (Phi) is 6.31. The van der Waals surface area contributed by atoms with Crippen LogP contribution in [0.3, 0.4) is 0 Å². The molecule has 7 heteroatoms. The number of ether oxygens (including phenoxy) is 2. The van der Waals surface area contributed by atoms with Gasteiger partial charge in [-0.1, -0.05) is 12.1 Å². The molecular weight excluding hydrogens is 381 g/mol.